The first kappa shape index (κ1) is 20.2. The van der Waals surface area contributed by atoms with Crippen LogP contribution in [0.3, 0.4) is 0 Å². The number of hydrogen-bond acceptors (Lipinski definition) is 4. The van der Waals surface area contributed by atoms with E-state index >= 15 is 0 Å². The highest BCUT2D eigenvalue weighted by molar-refractivity contribution is 5.97. The zero-order valence-corrected chi connectivity index (χ0v) is 16.9. The van der Waals surface area contributed by atoms with Gasteiger partial charge in [-0.2, -0.15) is 0 Å². The third-order valence-corrected chi connectivity index (χ3v) is 5.87. The topological polar surface area (TPSA) is 91.7 Å². The molecule has 2 N–H and O–H groups in total. The molecule has 1 aliphatic carbocycles. The number of rotatable bonds is 7. The van der Waals surface area contributed by atoms with Crippen molar-refractivity contribution >= 4 is 17.7 Å². The van der Waals surface area contributed by atoms with Crippen molar-refractivity contribution in [1.29, 1.82) is 0 Å². The lowest BCUT2D eigenvalue weighted by Crippen LogP contribution is -2.53. The summed E-state index contributed by atoms with van der Waals surface area (Å²) in [5, 5.41) is 5.80. The van der Waals surface area contributed by atoms with E-state index in [-0.39, 0.29) is 36.1 Å². The maximum Gasteiger partial charge on any atom is 0.251 e. The van der Waals surface area contributed by atoms with Gasteiger partial charge in [0.2, 0.25) is 11.8 Å². The van der Waals surface area contributed by atoms with E-state index in [0.29, 0.717) is 37.3 Å². The van der Waals surface area contributed by atoms with Gasteiger partial charge in [0, 0.05) is 24.6 Å². The van der Waals surface area contributed by atoms with Crippen LogP contribution < -0.4 is 10.6 Å². The highest BCUT2D eigenvalue weighted by Gasteiger charge is 2.38. The quantitative estimate of drug-likeness (QED) is 0.734. The summed E-state index contributed by atoms with van der Waals surface area (Å²) in [7, 11) is 0. The molecule has 1 aromatic carbocycles. The highest BCUT2D eigenvalue weighted by Crippen LogP contribution is 2.33. The number of nitrogens with zero attached hydrogens (tertiary/aromatic N) is 1. The second kappa shape index (κ2) is 9.15. The van der Waals surface area contributed by atoms with E-state index in [9.17, 15) is 14.4 Å². The van der Waals surface area contributed by atoms with Crippen molar-refractivity contribution in [2.24, 2.45) is 11.8 Å². The summed E-state index contributed by atoms with van der Waals surface area (Å²) in [4.78, 5) is 40.0. The fraction of sp³-hybridized carbons (Fsp3) is 0.435. The van der Waals surface area contributed by atoms with E-state index in [4.69, 9.17) is 4.42 Å². The molecule has 0 spiro atoms. The summed E-state index contributed by atoms with van der Waals surface area (Å²) < 4.78 is 5.28. The molecule has 2 heterocycles. The van der Waals surface area contributed by atoms with Crippen LogP contribution in [0.25, 0.3) is 0 Å². The van der Waals surface area contributed by atoms with Gasteiger partial charge in [-0.25, -0.2) is 0 Å². The van der Waals surface area contributed by atoms with Crippen LogP contribution in [0.5, 0.6) is 0 Å². The molecule has 158 valence electrons. The van der Waals surface area contributed by atoms with Crippen LogP contribution in [-0.4, -0.2) is 41.8 Å². The third kappa shape index (κ3) is 4.90. The Labute approximate surface area is 175 Å². The van der Waals surface area contributed by atoms with Gasteiger partial charge in [-0.3, -0.25) is 14.4 Å². The molecule has 7 nitrogen and oxygen atoms in total. The number of carbonyl (C=O) groups excluding carboxylic acids is 3. The van der Waals surface area contributed by atoms with E-state index in [1.54, 1.807) is 42.7 Å². The summed E-state index contributed by atoms with van der Waals surface area (Å²) in [6, 6.07) is 11.8. The maximum atomic E-state index is 13.0. The summed E-state index contributed by atoms with van der Waals surface area (Å²) in [6.07, 6.45) is 4.91. The van der Waals surface area contributed by atoms with Gasteiger partial charge in [0.15, 0.2) is 0 Å². The molecule has 7 heteroatoms. The van der Waals surface area contributed by atoms with E-state index in [0.717, 1.165) is 12.8 Å². The van der Waals surface area contributed by atoms with Gasteiger partial charge in [-0.05, 0) is 55.9 Å². The summed E-state index contributed by atoms with van der Waals surface area (Å²) >= 11 is 0. The van der Waals surface area contributed by atoms with Crippen LogP contribution in [0, 0.1) is 11.8 Å². The van der Waals surface area contributed by atoms with E-state index in [1.165, 1.54) is 0 Å². The standard InChI is InChI=1S/C23H27N3O4/c27-21(17-5-2-1-3-6-17)25-20(22(28)24-15-19-7-4-14-30-19)16-10-12-26(13-11-16)23(29)18-8-9-18/h1-7,14,16,18,20H,8-13,15H2,(H,24,28)(H,25,27). The van der Waals surface area contributed by atoms with Gasteiger partial charge in [0.1, 0.15) is 11.8 Å². The van der Waals surface area contributed by atoms with Gasteiger partial charge in [0.25, 0.3) is 5.91 Å². The Bertz CT molecular complexity index is 869. The highest BCUT2D eigenvalue weighted by atomic mass is 16.3. The second-order valence-corrected chi connectivity index (χ2v) is 8.05. The molecular formula is C23H27N3O4. The number of carbonyl (C=O) groups is 3. The molecule has 3 amide bonds. The van der Waals surface area contributed by atoms with Crippen molar-refractivity contribution in [2.45, 2.75) is 38.3 Å². The molecule has 2 aromatic rings. The summed E-state index contributed by atoms with van der Waals surface area (Å²) in [5.41, 5.74) is 0.516. The molecule has 0 radical (unpaired) electrons. The second-order valence-electron chi connectivity index (χ2n) is 8.05. The van der Waals surface area contributed by atoms with E-state index in [2.05, 4.69) is 10.6 Å². The Morgan fingerprint density at radius 2 is 1.73 bits per heavy atom. The van der Waals surface area contributed by atoms with Gasteiger partial charge in [-0.1, -0.05) is 18.2 Å². The van der Waals surface area contributed by atoms with Gasteiger partial charge in [0.05, 0.1) is 12.8 Å². The number of piperidine rings is 1. The molecule has 2 fully saturated rings. The minimum atomic E-state index is -0.661. The molecule has 1 aromatic heterocycles. The smallest absolute Gasteiger partial charge is 0.251 e. The van der Waals surface area contributed by atoms with Crippen molar-refractivity contribution in [1.82, 2.24) is 15.5 Å². The number of benzene rings is 1. The average molecular weight is 409 g/mol. The molecule has 4 rings (SSSR count). The van der Waals surface area contributed by atoms with Crippen LogP contribution in [0.15, 0.2) is 53.1 Å². The molecule has 1 atom stereocenters. The molecular weight excluding hydrogens is 382 g/mol. The fourth-order valence-electron chi connectivity index (χ4n) is 3.95. The number of nitrogens with one attached hydrogen (secondary N) is 2. The Morgan fingerprint density at radius 3 is 2.37 bits per heavy atom. The minimum Gasteiger partial charge on any atom is -0.467 e. The molecule has 1 unspecified atom stereocenters. The monoisotopic (exact) mass is 409 g/mol. The molecule has 1 aliphatic heterocycles. The van der Waals surface area contributed by atoms with Crippen LogP contribution in [0.4, 0.5) is 0 Å². The SMILES string of the molecule is O=C(NC(C(=O)NCc1ccco1)C1CCN(C(=O)C2CC2)CC1)c1ccccc1. The first-order valence-electron chi connectivity index (χ1n) is 10.6. The predicted octanol–water partition coefficient (Wildman–Crippen LogP) is 2.34. The zero-order valence-electron chi connectivity index (χ0n) is 16.9. The number of furan rings is 1. The van der Waals surface area contributed by atoms with Crippen molar-refractivity contribution in [2.75, 3.05) is 13.1 Å². The molecule has 2 aliphatic rings. The van der Waals surface area contributed by atoms with Crippen molar-refractivity contribution in [3.05, 3.63) is 60.1 Å². The lowest BCUT2D eigenvalue weighted by Gasteiger charge is -2.36. The van der Waals surface area contributed by atoms with Gasteiger partial charge >= 0.3 is 0 Å². The average Bonchev–Trinajstić information content (AvgIpc) is 3.51. The predicted molar refractivity (Wildman–Crippen MR) is 110 cm³/mol. The Morgan fingerprint density at radius 1 is 1.00 bits per heavy atom. The van der Waals surface area contributed by atoms with Crippen LogP contribution in [0.2, 0.25) is 0 Å². The number of amides is 3. The summed E-state index contributed by atoms with van der Waals surface area (Å²) in [6.45, 7) is 1.52. The molecule has 1 saturated heterocycles. The molecule has 30 heavy (non-hydrogen) atoms. The van der Waals surface area contributed by atoms with E-state index < -0.39 is 6.04 Å². The molecule has 1 saturated carbocycles. The maximum absolute atomic E-state index is 13.0. The van der Waals surface area contributed by atoms with Crippen molar-refractivity contribution in [3.63, 3.8) is 0 Å². The fourth-order valence-corrected chi connectivity index (χ4v) is 3.95. The third-order valence-electron chi connectivity index (χ3n) is 5.87. The van der Waals surface area contributed by atoms with Gasteiger partial charge in [-0.15, -0.1) is 0 Å². The minimum absolute atomic E-state index is 0.0301. The zero-order chi connectivity index (χ0) is 20.9. The Kier molecular flexibility index (Phi) is 6.16. The van der Waals surface area contributed by atoms with Crippen LogP contribution in [-0.2, 0) is 16.1 Å². The first-order valence-corrected chi connectivity index (χ1v) is 10.6. The Hall–Kier alpha value is -3.09. The first-order chi connectivity index (χ1) is 14.6. The van der Waals surface area contributed by atoms with Crippen LogP contribution in [0.1, 0.15) is 41.8 Å². The largest absolute Gasteiger partial charge is 0.467 e. The number of hydrogen-bond donors (Lipinski definition) is 2. The lowest BCUT2D eigenvalue weighted by molar-refractivity contribution is -0.134. The van der Waals surface area contributed by atoms with Gasteiger partial charge < -0.3 is 20.0 Å². The van der Waals surface area contributed by atoms with Crippen molar-refractivity contribution < 1.29 is 18.8 Å². The lowest BCUT2D eigenvalue weighted by atomic mass is 9.88. The molecule has 0 bridgehead atoms. The Balaban J connectivity index is 1.41. The van der Waals surface area contributed by atoms with Crippen LogP contribution >= 0.6 is 0 Å². The normalized spacial score (nSPS) is 17.9. The van der Waals surface area contributed by atoms with Crippen molar-refractivity contribution in [3.8, 4) is 0 Å². The van der Waals surface area contributed by atoms with E-state index in [1.807, 2.05) is 11.0 Å². The summed E-state index contributed by atoms with van der Waals surface area (Å²) in [5.74, 6) is 0.555. The number of likely N-dealkylation sites (tertiary alicyclic amines) is 1.